The predicted octanol–water partition coefficient (Wildman–Crippen LogP) is 4.01. The molecule has 1 amide bonds. The lowest BCUT2D eigenvalue weighted by atomic mass is 10.1. The molecule has 160 valence electrons. The second-order valence-electron chi connectivity index (χ2n) is 7.85. The molecule has 1 unspecified atom stereocenters. The van der Waals surface area contributed by atoms with Gasteiger partial charge in [-0.1, -0.05) is 18.2 Å². The number of amides is 1. The van der Waals surface area contributed by atoms with Crippen LogP contribution in [0.2, 0.25) is 0 Å². The van der Waals surface area contributed by atoms with Crippen LogP contribution in [0.1, 0.15) is 24.4 Å². The van der Waals surface area contributed by atoms with E-state index in [2.05, 4.69) is 10.1 Å². The smallest absolute Gasteiger partial charge is 0.246 e. The van der Waals surface area contributed by atoms with Gasteiger partial charge in [0.15, 0.2) is 0 Å². The normalized spacial score (nSPS) is 16.5. The quantitative estimate of drug-likeness (QED) is 0.454. The summed E-state index contributed by atoms with van der Waals surface area (Å²) >= 11 is 0. The molecule has 0 saturated carbocycles. The van der Waals surface area contributed by atoms with E-state index in [1.54, 1.807) is 24.7 Å². The van der Waals surface area contributed by atoms with Crippen molar-refractivity contribution in [3.63, 3.8) is 0 Å². The molecular weight excluding hydrogens is 400 g/mol. The molecule has 0 bridgehead atoms. The Balaban J connectivity index is 1.40. The summed E-state index contributed by atoms with van der Waals surface area (Å²) in [7, 11) is 0. The van der Waals surface area contributed by atoms with E-state index in [4.69, 9.17) is 5.10 Å². The SMILES string of the molecule is O=C(/C=C/c1cn(-c2ccccc2)nc1-c1cccnc1)N1CCCC(n2cccn2)C1. The Kier molecular flexibility index (Phi) is 5.61. The minimum atomic E-state index is 0.00598. The summed E-state index contributed by atoms with van der Waals surface area (Å²) in [5, 5.41) is 9.12. The van der Waals surface area contributed by atoms with Crippen molar-refractivity contribution in [1.29, 1.82) is 0 Å². The minimum absolute atomic E-state index is 0.00598. The maximum Gasteiger partial charge on any atom is 0.246 e. The van der Waals surface area contributed by atoms with E-state index in [1.165, 1.54) is 0 Å². The number of rotatable bonds is 5. The van der Waals surface area contributed by atoms with Crippen LogP contribution in [0, 0.1) is 0 Å². The third-order valence-electron chi connectivity index (χ3n) is 5.71. The predicted molar refractivity (Wildman–Crippen MR) is 123 cm³/mol. The Bertz CT molecular complexity index is 1200. The first-order valence-corrected chi connectivity index (χ1v) is 10.8. The second-order valence-corrected chi connectivity index (χ2v) is 7.85. The first kappa shape index (κ1) is 19.9. The van der Waals surface area contributed by atoms with Crippen LogP contribution in [0.25, 0.3) is 23.0 Å². The molecule has 5 rings (SSSR count). The summed E-state index contributed by atoms with van der Waals surface area (Å²) in [5.41, 5.74) is 3.53. The van der Waals surface area contributed by atoms with E-state index in [0.717, 1.165) is 41.9 Å². The minimum Gasteiger partial charge on any atom is -0.337 e. The van der Waals surface area contributed by atoms with Crippen LogP contribution in [0.4, 0.5) is 0 Å². The molecule has 1 aliphatic heterocycles. The molecule has 7 nitrogen and oxygen atoms in total. The van der Waals surface area contributed by atoms with Crippen molar-refractivity contribution >= 4 is 12.0 Å². The van der Waals surface area contributed by atoms with Gasteiger partial charge >= 0.3 is 0 Å². The molecule has 0 spiro atoms. The van der Waals surface area contributed by atoms with Crippen molar-refractivity contribution in [2.75, 3.05) is 13.1 Å². The molecule has 3 aromatic heterocycles. The summed E-state index contributed by atoms with van der Waals surface area (Å²) in [4.78, 5) is 19.1. The van der Waals surface area contributed by atoms with Crippen LogP contribution in [-0.4, -0.2) is 48.4 Å². The number of hydrogen-bond donors (Lipinski definition) is 0. The topological polar surface area (TPSA) is 68.8 Å². The summed E-state index contributed by atoms with van der Waals surface area (Å²) in [5.74, 6) is 0.00598. The van der Waals surface area contributed by atoms with Crippen LogP contribution < -0.4 is 0 Å². The van der Waals surface area contributed by atoms with Crippen LogP contribution in [0.5, 0.6) is 0 Å². The van der Waals surface area contributed by atoms with Gasteiger partial charge in [-0.25, -0.2) is 4.68 Å². The Morgan fingerprint density at radius 1 is 1.06 bits per heavy atom. The van der Waals surface area contributed by atoms with Crippen molar-refractivity contribution < 1.29 is 4.79 Å². The van der Waals surface area contributed by atoms with Gasteiger partial charge in [-0.2, -0.15) is 10.2 Å². The standard InChI is InChI=1S/C25H24N6O/c32-24(29-15-5-10-23(19-29)30-16-6-14-27-30)12-11-21-18-31(22-8-2-1-3-9-22)28-25(21)20-7-4-13-26-17-20/h1-4,6-9,11-14,16-18,23H,5,10,15,19H2/b12-11+. The number of likely N-dealkylation sites (tertiary alicyclic amines) is 1. The van der Waals surface area contributed by atoms with Crippen molar-refractivity contribution in [2.24, 2.45) is 0 Å². The van der Waals surface area contributed by atoms with E-state index >= 15 is 0 Å². The fourth-order valence-electron chi connectivity index (χ4n) is 4.08. The van der Waals surface area contributed by atoms with Crippen LogP contribution in [0.15, 0.2) is 85.6 Å². The number of aromatic nitrogens is 5. The lowest BCUT2D eigenvalue weighted by Crippen LogP contribution is -2.40. The fraction of sp³-hybridized carbons (Fsp3) is 0.200. The van der Waals surface area contributed by atoms with Crippen molar-refractivity contribution in [3.8, 4) is 16.9 Å². The number of hydrogen-bond acceptors (Lipinski definition) is 4. The molecule has 0 aliphatic carbocycles. The summed E-state index contributed by atoms with van der Waals surface area (Å²) in [6.07, 6.45) is 14.7. The number of piperidine rings is 1. The summed E-state index contributed by atoms with van der Waals surface area (Å²) in [6.45, 7) is 1.43. The first-order valence-electron chi connectivity index (χ1n) is 10.8. The number of benzene rings is 1. The molecule has 4 heterocycles. The van der Waals surface area contributed by atoms with E-state index in [0.29, 0.717) is 6.54 Å². The monoisotopic (exact) mass is 424 g/mol. The number of carbonyl (C=O) groups excluding carboxylic acids is 1. The molecule has 1 saturated heterocycles. The highest BCUT2D eigenvalue weighted by Crippen LogP contribution is 2.25. The summed E-state index contributed by atoms with van der Waals surface area (Å²) in [6, 6.07) is 15.9. The highest BCUT2D eigenvalue weighted by atomic mass is 16.2. The average molecular weight is 425 g/mol. The lowest BCUT2D eigenvalue weighted by molar-refractivity contribution is -0.127. The zero-order chi connectivity index (χ0) is 21.8. The Hall–Kier alpha value is -4.00. The van der Waals surface area contributed by atoms with E-state index < -0.39 is 0 Å². The van der Waals surface area contributed by atoms with Crippen molar-refractivity contribution in [2.45, 2.75) is 18.9 Å². The van der Waals surface area contributed by atoms with E-state index in [9.17, 15) is 4.79 Å². The molecule has 0 radical (unpaired) electrons. The van der Waals surface area contributed by atoms with Gasteiger partial charge in [0.1, 0.15) is 5.69 Å². The molecule has 1 aromatic carbocycles. The molecule has 32 heavy (non-hydrogen) atoms. The first-order chi connectivity index (χ1) is 15.8. The Morgan fingerprint density at radius 2 is 1.97 bits per heavy atom. The zero-order valence-corrected chi connectivity index (χ0v) is 17.7. The van der Waals surface area contributed by atoms with Gasteiger partial charge in [0, 0.05) is 61.3 Å². The van der Waals surface area contributed by atoms with E-state index in [-0.39, 0.29) is 11.9 Å². The maximum absolute atomic E-state index is 13.0. The zero-order valence-electron chi connectivity index (χ0n) is 17.7. The van der Waals surface area contributed by atoms with Crippen LogP contribution in [0.3, 0.4) is 0 Å². The Labute approximate surface area is 186 Å². The van der Waals surface area contributed by atoms with Crippen molar-refractivity contribution in [3.05, 3.63) is 91.2 Å². The number of nitrogens with zero attached hydrogens (tertiary/aromatic N) is 6. The largest absolute Gasteiger partial charge is 0.337 e. The van der Waals surface area contributed by atoms with Gasteiger partial charge in [0.05, 0.1) is 11.7 Å². The Morgan fingerprint density at radius 3 is 2.75 bits per heavy atom. The van der Waals surface area contributed by atoms with Gasteiger partial charge in [0.2, 0.25) is 5.91 Å². The number of carbonyl (C=O) groups is 1. The highest BCUT2D eigenvalue weighted by Gasteiger charge is 2.24. The molecule has 0 N–H and O–H groups in total. The van der Waals surface area contributed by atoms with Gasteiger partial charge < -0.3 is 4.90 Å². The van der Waals surface area contributed by atoms with Crippen molar-refractivity contribution in [1.82, 2.24) is 29.4 Å². The van der Waals surface area contributed by atoms with Gasteiger partial charge in [0.25, 0.3) is 0 Å². The van der Waals surface area contributed by atoms with Crippen LogP contribution in [-0.2, 0) is 4.79 Å². The molecule has 4 aromatic rings. The second kappa shape index (κ2) is 9.01. The molecule has 1 atom stereocenters. The van der Waals surface area contributed by atoms with Gasteiger partial charge in [-0.15, -0.1) is 0 Å². The number of pyridine rings is 1. The third kappa shape index (κ3) is 4.23. The fourth-order valence-corrected chi connectivity index (χ4v) is 4.08. The number of para-hydroxylation sites is 1. The lowest BCUT2D eigenvalue weighted by Gasteiger charge is -2.32. The summed E-state index contributed by atoms with van der Waals surface area (Å²) < 4.78 is 3.79. The molecule has 7 heteroatoms. The highest BCUT2D eigenvalue weighted by molar-refractivity contribution is 5.93. The average Bonchev–Trinajstić information content (AvgIpc) is 3.54. The van der Waals surface area contributed by atoms with Crippen LogP contribution >= 0.6 is 0 Å². The third-order valence-corrected chi connectivity index (χ3v) is 5.71. The molecular formula is C25H24N6O. The van der Waals surface area contributed by atoms with E-state index in [1.807, 2.05) is 81.3 Å². The van der Waals surface area contributed by atoms with Gasteiger partial charge in [-0.05, 0) is 49.2 Å². The van der Waals surface area contributed by atoms with Gasteiger partial charge in [-0.3, -0.25) is 14.5 Å². The maximum atomic E-state index is 13.0. The molecule has 1 fully saturated rings. The molecule has 1 aliphatic rings.